The molecule has 1 unspecified atom stereocenters. The molecule has 9 nitrogen and oxygen atoms in total. The first-order chi connectivity index (χ1) is 11.4. The number of nitrogens with one attached hydrogen (secondary N) is 2. The van der Waals surface area contributed by atoms with E-state index in [-0.39, 0.29) is 24.0 Å². The van der Waals surface area contributed by atoms with Gasteiger partial charge in [-0.05, 0) is 24.3 Å². The Balaban J connectivity index is 2.05. The van der Waals surface area contributed by atoms with Crippen LogP contribution in [0.25, 0.3) is 0 Å². The highest BCUT2D eigenvalue weighted by atomic mass is 32.2. The molecular formula is C14H18N4O5S. The molecule has 1 aromatic heterocycles. The third-order valence-electron chi connectivity index (χ3n) is 3.01. The first-order valence-electron chi connectivity index (χ1n) is 6.96. The average Bonchev–Trinajstić information content (AvgIpc) is 2.60. The largest absolute Gasteiger partial charge is 0.494 e. The van der Waals surface area contributed by atoms with Gasteiger partial charge in [0.05, 0.1) is 37.1 Å². The van der Waals surface area contributed by atoms with Crippen LogP contribution in [0, 0.1) is 0 Å². The predicted octanol–water partition coefficient (Wildman–Crippen LogP) is 0.0511. The van der Waals surface area contributed by atoms with Crippen molar-refractivity contribution >= 4 is 21.7 Å². The molecular weight excluding hydrogens is 336 g/mol. The summed E-state index contributed by atoms with van der Waals surface area (Å²) in [5.74, 6) is 0.350. The smallest absolute Gasteiger partial charge is 0.264 e. The zero-order valence-electron chi connectivity index (χ0n) is 12.9. The normalized spacial score (nSPS) is 12.5. The molecule has 0 radical (unpaired) electrons. The number of nitrogens with zero attached hydrogens (tertiary/aromatic N) is 2. The highest BCUT2D eigenvalue weighted by Gasteiger charge is 2.15. The summed E-state index contributed by atoms with van der Waals surface area (Å²) >= 11 is 0. The van der Waals surface area contributed by atoms with E-state index in [1.165, 1.54) is 31.6 Å². The number of aliphatic hydroxyl groups excluding tert-OH is 2. The lowest BCUT2D eigenvalue weighted by molar-refractivity contribution is 0.105. The summed E-state index contributed by atoms with van der Waals surface area (Å²) in [7, 11) is -2.36. The Morgan fingerprint density at radius 2 is 1.83 bits per heavy atom. The fourth-order valence-electron chi connectivity index (χ4n) is 1.71. The van der Waals surface area contributed by atoms with Gasteiger partial charge < -0.3 is 20.3 Å². The van der Waals surface area contributed by atoms with Crippen molar-refractivity contribution in [3.63, 3.8) is 0 Å². The second-order valence-corrected chi connectivity index (χ2v) is 6.48. The van der Waals surface area contributed by atoms with Crippen LogP contribution < -0.4 is 14.8 Å². The van der Waals surface area contributed by atoms with Crippen molar-refractivity contribution in [2.45, 2.75) is 11.0 Å². The monoisotopic (exact) mass is 354 g/mol. The maximum atomic E-state index is 12.3. The van der Waals surface area contributed by atoms with E-state index in [0.29, 0.717) is 11.4 Å². The molecule has 0 aliphatic heterocycles. The number of aliphatic hydroxyl groups is 2. The minimum Gasteiger partial charge on any atom is -0.494 e. The van der Waals surface area contributed by atoms with Crippen LogP contribution >= 0.6 is 0 Å². The molecule has 130 valence electrons. The van der Waals surface area contributed by atoms with Crippen molar-refractivity contribution in [1.29, 1.82) is 0 Å². The standard InChI is InChI=1S/C14H18N4O5S/c1-23-12-7-16-14(17-8-12)18-24(21,22)13-4-2-10(3-5-13)15-6-11(20)9-19/h2-5,7-8,11,15,19-20H,6,9H2,1H3,(H,16,17,18). The zero-order valence-corrected chi connectivity index (χ0v) is 13.7. The second kappa shape index (κ2) is 7.90. The number of hydrogen-bond donors (Lipinski definition) is 4. The molecule has 2 aromatic rings. The lowest BCUT2D eigenvalue weighted by atomic mass is 10.3. The van der Waals surface area contributed by atoms with E-state index in [1.807, 2.05) is 0 Å². The van der Waals surface area contributed by atoms with Gasteiger partial charge in [0.15, 0.2) is 5.75 Å². The molecule has 2 rings (SSSR count). The number of ether oxygens (including phenoxy) is 1. The summed E-state index contributed by atoms with van der Waals surface area (Å²) < 4.78 is 31.7. The van der Waals surface area contributed by atoms with E-state index < -0.39 is 16.1 Å². The van der Waals surface area contributed by atoms with Gasteiger partial charge in [-0.1, -0.05) is 0 Å². The zero-order chi connectivity index (χ0) is 17.6. The van der Waals surface area contributed by atoms with Crippen LogP contribution in [0.3, 0.4) is 0 Å². The fraction of sp³-hybridized carbons (Fsp3) is 0.286. The number of rotatable bonds is 8. The Kier molecular flexibility index (Phi) is 5.90. The second-order valence-electron chi connectivity index (χ2n) is 4.79. The summed E-state index contributed by atoms with van der Waals surface area (Å²) in [5.41, 5.74) is 0.613. The molecule has 0 aliphatic carbocycles. The summed E-state index contributed by atoms with van der Waals surface area (Å²) in [6.07, 6.45) is 1.82. The van der Waals surface area contributed by atoms with Crippen LogP contribution in [0.1, 0.15) is 0 Å². The Morgan fingerprint density at radius 3 is 2.38 bits per heavy atom. The summed E-state index contributed by atoms with van der Waals surface area (Å²) in [6, 6.07) is 5.90. The van der Waals surface area contributed by atoms with Crippen molar-refractivity contribution in [1.82, 2.24) is 9.97 Å². The number of hydrogen-bond acceptors (Lipinski definition) is 8. The van der Waals surface area contributed by atoms with Gasteiger partial charge in [-0.2, -0.15) is 0 Å². The molecule has 0 aliphatic rings. The van der Waals surface area contributed by atoms with E-state index in [4.69, 9.17) is 9.84 Å². The SMILES string of the molecule is COc1cnc(NS(=O)(=O)c2ccc(NCC(O)CO)cc2)nc1. The van der Waals surface area contributed by atoms with Crippen molar-refractivity contribution in [3.05, 3.63) is 36.7 Å². The van der Waals surface area contributed by atoms with Crippen LogP contribution in [0.2, 0.25) is 0 Å². The Morgan fingerprint density at radius 1 is 1.21 bits per heavy atom. The van der Waals surface area contributed by atoms with Gasteiger partial charge in [0.2, 0.25) is 5.95 Å². The molecule has 10 heteroatoms. The van der Waals surface area contributed by atoms with Gasteiger partial charge in [-0.25, -0.2) is 23.1 Å². The molecule has 0 fully saturated rings. The first-order valence-corrected chi connectivity index (χ1v) is 8.44. The van der Waals surface area contributed by atoms with Crippen LogP contribution in [0.4, 0.5) is 11.6 Å². The van der Waals surface area contributed by atoms with Crippen molar-refractivity contribution in [2.24, 2.45) is 0 Å². The topological polar surface area (TPSA) is 134 Å². The van der Waals surface area contributed by atoms with E-state index in [9.17, 15) is 13.5 Å². The molecule has 4 N–H and O–H groups in total. The van der Waals surface area contributed by atoms with Gasteiger partial charge in [0.25, 0.3) is 10.0 Å². The maximum Gasteiger partial charge on any atom is 0.264 e. The first kappa shape index (κ1) is 17.9. The van der Waals surface area contributed by atoms with Gasteiger partial charge in [0.1, 0.15) is 0 Å². The summed E-state index contributed by atoms with van der Waals surface area (Å²) in [4.78, 5) is 7.73. The van der Waals surface area contributed by atoms with E-state index in [0.717, 1.165) is 0 Å². The summed E-state index contributed by atoms with van der Waals surface area (Å²) in [5, 5.41) is 20.9. The Hall–Kier alpha value is -2.43. The number of anilines is 2. The number of methoxy groups -OCH3 is 1. The average molecular weight is 354 g/mol. The van der Waals surface area contributed by atoms with Crippen LogP contribution in [-0.2, 0) is 10.0 Å². The molecule has 1 aromatic carbocycles. The molecule has 0 saturated carbocycles. The Labute approximate surface area is 139 Å². The van der Waals surface area contributed by atoms with Crippen molar-refractivity contribution < 1.29 is 23.4 Å². The van der Waals surface area contributed by atoms with E-state index in [1.54, 1.807) is 12.1 Å². The highest BCUT2D eigenvalue weighted by molar-refractivity contribution is 7.92. The molecule has 0 saturated heterocycles. The fourth-order valence-corrected chi connectivity index (χ4v) is 2.66. The molecule has 0 spiro atoms. The predicted molar refractivity (Wildman–Crippen MR) is 87.4 cm³/mol. The molecule has 24 heavy (non-hydrogen) atoms. The van der Waals surface area contributed by atoms with Gasteiger partial charge in [-0.3, -0.25) is 0 Å². The van der Waals surface area contributed by atoms with Crippen LogP contribution in [0.5, 0.6) is 5.75 Å². The molecule has 0 amide bonds. The van der Waals surface area contributed by atoms with Gasteiger partial charge >= 0.3 is 0 Å². The molecule has 0 bridgehead atoms. The lowest BCUT2D eigenvalue weighted by Gasteiger charge is -2.11. The molecule has 1 atom stereocenters. The molecule has 1 heterocycles. The van der Waals surface area contributed by atoms with Crippen molar-refractivity contribution in [2.75, 3.05) is 30.3 Å². The quantitative estimate of drug-likeness (QED) is 0.522. The Bertz CT molecular complexity index is 750. The third-order valence-corrected chi connectivity index (χ3v) is 4.35. The van der Waals surface area contributed by atoms with Gasteiger partial charge in [-0.15, -0.1) is 0 Å². The van der Waals surface area contributed by atoms with Crippen molar-refractivity contribution in [3.8, 4) is 5.75 Å². The van der Waals surface area contributed by atoms with E-state index in [2.05, 4.69) is 20.0 Å². The minimum absolute atomic E-state index is 0.0372. The number of sulfonamides is 1. The van der Waals surface area contributed by atoms with Crippen LogP contribution in [0.15, 0.2) is 41.6 Å². The van der Waals surface area contributed by atoms with E-state index >= 15 is 0 Å². The highest BCUT2D eigenvalue weighted by Crippen LogP contribution is 2.17. The van der Waals surface area contributed by atoms with Gasteiger partial charge in [0, 0.05) is 12.2 Å². The summed E-state index contributed by atoms with van der Waals surface area (Å²) in [6.45, 7) is -0.203. The maximum absolute atomic E-state index is 12.3. The van der Waals surface area contributed by atoms with Crippen LogP contribution in [-0.4, -0.2) is 55.0 Å². The number of benzene rings is 1. The number of aromatic nitrogens is 2. The lowest BCUT2D eigenvalue weighted by Crippen LogP contribution is -2.23. The third kappa shape index (κ3) is 4.78. The minimum atomic E-state index is -3.82.